The average molecular weight is 275 g/mol. The average Bonchev–Trinajstić information content (AvgIpc) is 2.46. The number of unbranched alkanes of at least 4 members (excludes halogenated alkanes) is 2. The number of para-hydroxylation sites is 1. The van der Waals surface area contributed by atoms with Gasteiger partial charge in [0.2, 0.25) is 0 Å². The molecule has 0 atom stereocenters. The Labute approximate surface area is 124 Å². The second kappa shape index (κ2) is 12.6. The minimum absolute atomic E-state index is 0.237. The molecule has 1 N–H and O–H groups in total. The molecule has 2 nitrogen and oxygen atoms in total. The minimum atomic E-state index is 0.237. The summed E-state index contributed by atoms with van der Waals surface area (Å²) in [4.78, 5) is 4.50. The molecule has 0 unspecified atom stereocenters. The number of allylic oxidation sites excluding steroid dienone is 1. The fourth-order valence-electron chi connectivity index (χ4n) is 1.63. The highest BCUT2D eigenvalue weighted by molar-refractivity contribution is 5.84. The maximum absolute atomic E-state index is 8.68. The molecule has 1 aromatic rings. The first-order chi connectivity index (χ1) is 9.65. The van der Waals surface area contributed by atoms with Gasteiger partial charge in [-0.15, -0.1) is 6.58 Å². The molecule has 1 aromatic carbocycles. The van der Waals surface area contributed by atoms with Crippen molar-refractivity contribution < 1.29 is 5.11 Å². The highest BCUT2D eigenvalue weighted by Gasteiger charge is 1.95. The van der Waals surface area contributed by atoms with Gasteiger partial charge in [-0.25, -0.2) is 0 Å². The van der Waals surface area contributed by atoms with Gasteiger partial charge in [-0.05, 0) is 44.7 Å². The van der Waals surface area contributed by atoms with Gasteiger partial charge in [0.05, 0.1) is 5.69 Å². The zero-order valence-corrected chi connectivity index (χ0v) is 13.2. The molecule has 0 aliphatic carbocycles. The first kappa shape index (κ1) is 18.6. The van der Waals surface area contributed by atoms with Gasteiger partial charge in [0, 0.05) is 12.3 Å². The Bertz CT molecular complexity index is 396. The maximum Gasteiger partial charge on any atom is 0.0658 e. The smallest absolute Gasteiger partial charge is 0.0658 e. The van der Waals surface area contributed by atoms with Crippen LogP contribution in [0.4, 0.5) is 5.69 Å². The largest absolute Gasteiger partial charge is 0.396 e. The van der Waals surface area contributed by atoms with Crippen molar-refractivity contribution in [2.75, 3.05) is 6.61 Å². The normalized spacial score (nSPS) is 10.7. The van der Waals surface area contributed by atoms with Crippen LogP contribution in [0.1, 0.15) is 51.5 Å². The summed E-state index contributed by atoms with van der Waals surface area (Å²) in [6, 6.07) is 8.07. The van der Waals surface area contributed by atoms with E-state index >= 15 is 0 Å². The highest BCUT2D eigenvalue weighted by Crippen LogP contribution is 2.17. The standard InChI is InChI=1S/C12H17NO.C6H12/c1-10-6-3-4-8-12(10)13-11(2)7-5-9-14;1-3-5-6-4-2/h3-4,6,8,14H,5,7,9H2,1-2H3;3H,1,4-6H2,2H3. The first-order valence-electron chi connectivity index (χ1n) is 7.47. The fourth-order valence-corrected chi connectivity index (χ4v) is 1.63. The van der Waals surface area contributed by atoms with E-state index in [1.54, 1.807) is 0 Å². The Morgan fingerprint density at radius 1 is 1.30 bits per heavy atom. The Morgan fingerprint density at radius 3 is 2.50 bits per heavy atom. The lowest BCUT2D eigenvalue weighted by molar-refractivity contribution is 0.291. The van der Waals surface area contributed by atoms with Crippen LogP contribution in [-0.4, -0.2) is 17.4 Å². The van der Waals surface area contributed by atoms with Gasteiger partial charge in [0.15, 0.2) is 0 Å². The second-order valence-electron chi connectivity index (χ2n) is 4.89. The van der Waals surface area contributed by atoms with E-state index < -0.39 is 0 Å². The lowest BCUT2D eigenvalue weighted by Crippen LogP contribution is -1.93. The van der Waals surface area contributed by atoms with Crippen LogP contribution in [0.3, 0.4) is 0 Å². The van der Waals surface area contributed by atoms with E-state index in [1.165, 1.54) is 24.8 Å². The Balaban J connectivity index is 0.000000511. The quantitative estimate of drug-likeness (QED) is 0.413. The summed E-state index contributed by atoms with van der Waals surface area (Å²) in [5, 5.41) is 8.68. The van der Waals surface area contributed by atoms with E-state index in [0.29, 0.717) is 0 Å². The maximum atomic E-state index is 8.68. The number of aryl methyl sites for hydroxylation is 1. The van der Waals surface area contributed by atoms with Crippen molar-refractivity contribution in [1.29, 1.82) is 0 Å². The second-order valence-corrected chi connectivity index (χ2v) is 4.89. The third-order valence-corrected chi connectivity index (χ3v) is 2.89. The molecule has 0 spiro atoms. The van der Waals surface area contributed by atoms with Crippen molar-refractivity contribution in [2.24, 2.45) is 4.99 Å². The summed E-state index contributed by atoms with van der Waals surface area (Å²) in [5.41, 5.74) is 3.30. The van der Waals surface area contributed by atoms with E-state index in [1.807, 2.05) is 31.2 Å². The monoisotopic (exact) mass is 275 g/mol. The van der Waals surface area contributed by atoms with E-state index in [0.717, 1.165) is 24.2 Å². The van der Waals surface area contributed by atoms with Crippen LogP contribution in [-0.2, 0) is 0 Å². The van der Waals surface area contributed by atoms with Gasteiger partial charge in [-0.2, -0.15) is 0 Å². The topological polar surface area (TPSA) is 32.6 Å². The van der Waals surface area contributed by atoms with Crippen molar-refractivity contribution in [2.45, 2.75) is 52.9 Å². The number of nitrogens with zero attached hydrogens (tertiary/aromatic N) is 1. The van der Waals surface area contributed by atoms with Crippen molar-refractivity contribution in [3.05, 3.63) is 42.5 Å². The number of benzene rings is 1. The Morgan fingerprint density at radius 2 is 2.00 bits per heavy atom. The molecule has 0 saturated heterocycles. The van der Waals surface area contributed by atoms with Crippen LogP contribution in [0.15, 0.2) is 41.9 Å². The fraction of sp³-hybridized carbons (Fsp3) is 0.500. The van der Waals surface area contributed by atoms with Crippen LogP contribution >= 0.6 is 0 Å². The molecule has 1 rings (SSSR count). The molecule has 2 heteroatoms. The molecule has 0 saturated carbocycles. The zero-order chi connectivity index (χ0) is 15.2. The van der Waals surface area contributed by atoms with Gasteiger partial charge < -0.3 is 5.11 Å². The van der Waals surface area contributed by atoms with Gasteiger partial charge in [0.25, 0.3) is 0 Å². The number of hydrogen-bond donors (Lipinski definition) is 1. The van der Waals surface area contributed by atoms with Gasteiger partial charge >= 0.3 is 0 Å². The lowest BCUT2D eigenvalue weighted by Gasteiger charge is -2.02. The summed E-state index contributed by atoms with van der Waals surface area (Å²) in [5.74, 6) is 0. The summed E-state index contributed by atoms with van der Waals surface area (Å²) < 4.78 is 0. The van der Waals surface area contributed by atoms with Crippen LogP contribution in [0, 0.1) is 6.92 Å². The van der Waals surface area contributed by atoms with E-state index in [4.69, 9.17) is 5.11 Å². The Kier molecular flexibility index (Phi) is 11.7. The predicted molar refractivity (Wildman–Crippen MR) is 90.0 cm³/mol. The van der Waals surface area contributed by atoms with Crippen LogP contribution in [0.2, 0.25) is 0 Å². The van der Waals surface area contributed by atoms with Gasteiger partial charge in [-0.1, -0.05) is 44.0 Å². The van der Waals surface area contributed by atoms with Crippen molar-refractivity contribution >= 4 is 11.4 Å². The molecule has 0 aliphatic rings. The van der Waals surface area contributed by atoms with E-state index in [9.17, 15) is 0 Å². The third kappa shape index (κ3) is 9.51. The molecule has 112 valence electrons. The molecule has 0 aliphatic heterocycles. The Hall–Kier alpha value is -1.41. The molecule has 20 heavy (non-hydrogen) atoms. The number of rotatable bonds is 7. The third-order valence-electron chi connectivity index (χ3n) is 2.89. The lowest BCUT2D eigenvalue weighted by atomic mass is 10.2. The minimum Gasteiger partial charge on any atom is -0.396 e. The molecular formula is C18H29NO. The number of aliphatic hydroxyl groups excluding tert-OH is 1. The van der Waals surface area contributed by atoms with Crippen LogP contribution in [0.5, 0.6) is 0 Å². The van der Waals surface area contributed by atoms with Crippen molar-refractivity contribution in [3.63, 3.8) is 0 Å². The molecule has 0 aromatic heterocycles. The molecular weight excluding hydrogens is 246 g/mol. The summed E-state index contributed by atoms with van der Waals surface area (Å²) >= 11 is 0. The SMILES string of the molecule is C=CCCCC.CC(CCCO)=Nc1ccccc1C. The van der Waals surface area contributed by atoms with Gasteiger partial charge in [0.1, 0.15) is 0 Å². The molecule has 0 fully saturated rings. The zero-order valence-electron chi connectivity index (χ0n) is 13.2. The predicted octanol–water partition coefficient (Wildman–Crippen LogP) is 5.22. The summed E-state index contributed by atoms with van der Waals surface area (Å²) in [6.45, 7) is 10.1. The number of hydrogen-bond acceptors (Lipinski definition) is 2. The van der Waals surface area contributed by atoms with E-state index in [-0.39, 0.29) is 6.61 Å². The van der Waals surface area contributed by atoms with Gasteiger partial charge in [-0.3, -0.25) is 4.99 Å². The van der Waals surface area contributed by atoms with Crippen molar-refractivity contribution in [3.8, 4) is 0 Å². The van der Waals surface area contributed by atoms with Crippen LogP contribution in [0.25, 0.3) is 0 Å². The summed E-state index contributed by atoms with van der Waals surface area (Å²) in [7, 11) is 0. The number of aliphatic imine (C=N–C) groups is 1. The van der Waals surface area contributed by atoms with E-state index in [2.05, 4.69) is 31.5 Å². The summed E-state index contributed by atoms with van der Waals surface area (Å²) in [6.07, 6.45) is 7.38. The van der Waals surface area contributed by atoms with Crippen molar-refractivity contribution in [1.82, 2.24) is 0 Å². The van der Waals surface area contributed by atoms with Crippen LogP contribution < -0.4 is 0 Å². The highest BCUT2D eigenvalue weighted by atomic mass is 16.2. The molecule has 0 amide bonds. The molecule has 0 bridgehead atoms. The first-order valence-corrected chi connectivity index (χ1v) is 7.47. The molecule has 0 radical (unpaired) electrons. The molecule has 0 heterocycles. The number of aliphatic hydroxyl groups is 1.